The fraction of sp³-hybridized carbons (Fsp3) is 0.400. The zero-order valence-electron chi connectivity index (χ0n) is 20.6. The maximum Gasteiger partial charge on any atom is 0.124 e. The van der Waals surface area contributed by atoms with Gasteiger partial charge < -0.3 is 14.8 Å². The van der Waals surface area contributed by atoms with Gasteiger partial charge in [-0.3, -0.25) is 0 Å². The fourth-order valence-corrected chi connectivity index (χ4v) is 4.11. The van der Waals surface area contributed by atoms with Crippen LogP contribution in [0.2, 0.25) is 0 Å². The van der Waals surface area contributed by atoms with Gasteiger partial charge in [0, 0.05) is 18.0 Å². The van der Waals surface area contributed by atoms with E-state index in [4.69, 9.17) is 9.47 Å². The Bertz CT molecular complexity index is 924. The highest BCUT2D eigenvalue weighted by molar-refractivity contribution is 5.47. The van der Waals surface area contributed by atoms with Crippen LogP contribution in [-0.2, 0) is 0 Å². The van der Waals surface area contributed by atoms with Gasteiger partial charge in [0.15, 0.2) is 0 Å². The minimum absolute atomic E-state index is 0.162. The minimum atomic E-state index is -0.162. The van der Waals surface area contributed by atoms with E-state index in [1.54, 1.807) is 0 Å². The third-order valence-corrected chi connectivity index (χ3v) is 5.83. The van der Waals surface area contributed by atoms with Crippen LogP contribution in [0.5, 0.6) is 11.5 Å². The molecule has 3 aromatic rings. The molecule has 176 valence electrons. The lowest BCUT2D eigenvalue weighted by atomic mass is 9.80. The van der Waals surface area contributed by atoms with Gasteiger partial charge in [-0.25, -0.2) is 0 Å². The summed E-state index contributed by atoms with van der Waals surface area (Å²) in [5, 5.41) is 3.41. The summed E-state index contributed by atoms with van der Waals surface area (Å²) in [6, 6.07) is 27.2. The smallest absolute Gasteiger partial charge is 0.124 e. The molecule has 0 saturated carbocycles. The van der Waals surface area contributed by atoms with Crippen molar-refractivity contribution in [2.45, 2.75) is 58.5 Å². The van der Waals surface area contributed by atoms with Gasteiger partial charge in [0.2, 0.25) is 0 Å². The van der Waals surface area contributed by atoms with Gasteiger partial charge in [-0.15, -0.1) is 0 Å². The number of hydrogen-bond donors (Lipinski definition) is 1. The summed E-state index contributed by atoms with van der Waals surface area (Å²) in [5.41, 5.74) is 3.69. The summed E-state index contributed by atoms with van der Waals surface area (Å²) in [7, 11) is 0. The summed E-state index contributed by atoms with van der Waals surface area (Å²) in [6.07, 6.45) is 3.42. The molecule has 0 bridgehead atoms. The van der Waals surface area contributed by atoms with E-state index in [1.807, 2.05) is 36.4 Å². The lowest BCUT2D eigenvalue weighted by molar-refractivity contribution is 0.0774. The highest BCUT2D eigenvalue weighted by Crippen LogP contribution is 2.44. The molecule has 0 radical (unpaired) electrons. The predicted octanol–water partition coefficient (Wildman–Crippen LogP) is 7.14. The van der Waals surface area contributed by atoms with Gasteiger partial charge >= 0.3 is 0 Å². The van der Waals surface area contributed by atoms with Gasteiger partial charge in [-0.2, -0.15) is 0 Å². The standard InChI is InChI=1S/C24H33NO2.C6H6/c1-5-6-13-25-14-15-26-20-10-8-19(9-11-20)22-17-24(3,4)27-23-16-18(2)7-12-21(22)23;1-2-4-6-5-3-1/h7-12,16,22,25H,5-6,13-15,17H2,1-4H3;1-6H/t22-;/m1./s1. The van der Waals surface area contributed by atoms with Crippen molar-refractivity contribution in [3.63, 3.8) is 0 Å². The molecule has 3 nitrogen and oxygen atoms in total. The molecular formula is C30H39NO2. The van der Waals surface area contributed by atoms with E-state index in [2.05, 4.69) is 75.5 Å². The lowest BCUT2D eigenvalue weighted by Gasteiger charge is -2.38. The van der Waals surface area contributed by atoms with Gasteiger partial charge in [0.05, 0.1) is 0 Å². The van der Waals surface area contributed by atoms with Crippen LogP contribution < -0.4 is 14.8 Å². The van der Waals surface area contributed by atoms with E-state index in [0.29, 0.717) is 12.5 Å². The molecule has 0 fully saturated rings. The molecule has 33 heavy (non-hydrogen) atoms. The first-order chi connectivity index (χ1) is 16.0. The molecule has 0 aliphatic carbocycles. The Hall–Kier alpha value is -2.78. The molecule has 3 heteroatoms. The lowest BCUT2D eigenvalue weighted by Crippen LogP contribution is -2.35. The molecule has 0 spiro atoms. The minimum Gasteiger partial charge on any atom is -0.492 e. The van der Waals surface area contributed by atoms with Crippen LogP contribution in [0.15, 0.2) is 78.9 Å². The second-order valence-electron chi connectivity index (χ2n) is 9.34. The van der Waals surface area contributed by atoms with Crippen LogP contribution >= 0.6 is 0 Å². The number of nitrogens with one attached hydrogen (secondary N) is 1. The van der Waals surface area contributed by atoms with Crippen molar-refractivity contribution < 1.29 is 9.47 Å². The Labute approximate surface area is 200 Å². The van der Waals surface area contributed by atoms with Gasteiger partial charge in [-0.1, -0.05) is 74.0 Å². The Kier molecular flexibility index (Phi) is 9.38. The summed E-state index contributed by atoms with van der Waals surface area (Å²) in [6.45, 7) is 11.3. The largest absolute Gasteiger partial charge is 0.492 e. The van der Waals surface area contributed by atoms with E-state index in [9.17, 15) is 0 Å². The van der Waals surface area contributed by atoms with E-state index in [1.165, 1.54) is 29.5 Å². The average Bonchev–Trinajstić information content (AvgIpc) is 2.82. The first-order valence-electron chi connectivity index (χ1n) is 12.2. The average molecular weight is 446 g/mol. The SMILES string of the molecule is CCCCNCCOc1ccc([C@H]2CC(C)(C)Oc3cc(C)ccc32)cc1.c1ccccc1. The van der Waals surface area contributed by atoms with Crippen molar-refractivity contribution in [2.24, 2.45) is 0 Å². The van der Waals surface area contributed by atoms with Crippen LogP contribution in [-0.4, -0.2) is 25.3 Å². The first-order valence-corrected chi connectivity index (χ1v) is 12.2. The third-order valence-electron chi connectivity index (χ3n) is 5.83. The maximum absolute atomic E-state index is 6.24. The zero-order valence-corrected chi connectivity index (χ0v) is 20.6. The van der Waals surface area contributed by atoms with Crippen molar-refractivity contribution in [3.8, 4) is 11.5 Å². The summed E-state index contributed by atoms with van der Waals surface area (Å²) >= 11 is 0. The maximum atomic E-state index is 6.24. The molecule has 1 aliphatic rings. The molecule has 4 rings (SSSR count). The second-order valence-corrected chi connectivity index (χ2v) is 9.34. The third kappa shape index (κ3) is 7.94. The number of rotatable bonds is 8. The van der Waals surface area contributed by atoms with Crippen molar-refractivity contribution in [3.05, 3.63) is 95.6 Å². The number of fused-ring (bicyclic) bond motifs is 1. The molecule has 0 saturated heterocycles. The van der Waals surface area contributed by atoms with Gasteiger partial charge in [-0.05, 0) is 69.5 Å². The number of unbranched alkanes of at least 4 members (excludes halogenated alkanes) is 1. The zero-order chi connectivity index (χ0) is 23.5. The monoisotopic (exact) mass is 445 g/mol. The first kappa shape index (κ1) is 24.9. The van der Waals surface area contributed by atoms with Gasteiger partial charge in [0.25, 0.3) is 0 Å². The molecule has 0 amide bonds. The van der Waals surface area contributed by atoms with Crippen molar-refractivity contribution in [1.29, 1.82) is 0 Å². The van der Waals surface area contributed by atoms with Crippen LogP contribution in [0.4, 0.5) is 0 Å². The van der Waals surface area contributed by atoms with E-state index >= 15 is 0 Å². The van der Waals surface area contributed by atoms with Crippen LogP contribution in [0.3, 0.4) is 0 Å². The summed E-state index contributed by atoms with van der Waals surface area (Å²) < 4.78 is 12.1. The van der Waals surface area contributed by atoms with Gasteiger partial charge in [0.1, 0.15) is 23.7 Å². The van der Waals surface area contributed by atoms with Crippen molar-refractivity contribution in [2.75, 3.05) is 19.7 Å². The molecule has 1 heterocycles. The molecule has 0 unspecified atom stereocenters. The quantitative estimate of drug-likeness (QED) is 0.374. The molecular weight excluding hydrogens is 406 g/mol. The highest BCUT2D eigenvalue weighted by atomic mass is 16.5. The van der Waals surface area contributed by atoms with E-state index in [0.717, 1.165) is 31.0 Å². The molecule has 1 aliphatic heterocycles. The predicted molar refractivity (Wildman–Crippen MR) is 139 cm³/mol. The second kappa shape index (κ2) is 12.5. The summed E-state index contributed by atoms with van der Waals surface area (Å²) in [5.74, 6) is 2.32. The Morgan fingerprint density at radius 1 is 0.939 bits per heavy atom. The topological polar surface area (TPSA) is 30.5 Å². The Morgan fingerprint density at radius 3 is 2.24 bits per heavy atom. The van der Waals surface area contributed by atoms with Crippen LogP contribution in [0.1, 0.15) is 62.6 Å². The highest BCUT2D eigenvalue weighted by Gasteiger charge is 2.34. The molecule has 1 N–H and O–H groups in total. The van der Waals surface area contributed by atoms with Crippen molar-refractivity contribution >= 4 is 0 Å². The molecule has 3 aromatic carbocycles. The summed E-state index contributed by atoms with van der Waals surface area (Å²) in [4.78, 5) is 0. The van der Waals surface area contributed by atoms with Crippen LogP contribution in [0, 0.1) is 6.92 Å². The Balaban J connectivity index is 0.000000442. The fourth-order valence-electron chi connectivity index (χ4n) is 4.11. The number of hydrogen-bond acceptors (Lipinski definition) is 3. The molecule has 0 aromatic heterocycles. The van der Waals surface area contributed by atoms with Crippen LogP contribution in [0.25, 0.3) is 0 Å². The number of aryl methyl sites for hydroxylation is 1. The Morgan fingerprint density at radius 2 is 1.61 bits per heavy atom. The normalized spacial score (nSPS) is 16.1. The van der Waals surface area contributed by atoms with E-state index < -0.39 is 0 Å². The number of benzene rings is 3. The van der Waals surface area contributed by atoms with Crippen molar-refractivity contribution in [1.82, 2.24) is 5.32 Å². The van der Waals surface area contributed by atoms with E-state index in [-0.39, 0.29) is 5.60 Å². The number of ether oxygens (including phenoxy) is 2. The molecule has 1 atom stereocenters.